The van der Waals surface area contributed by atoms with Crippen LogP contribution >= 0.6 is 0 Å². The van der Waals surface area contributed by atoms with Gasteiger partial charge in [-0.25, -0.2) is 0 Å². The lowest BCUT2D eigenvalue weighted by molar-refractivity contribution is 0.00893. The van der Waals surface area contributed by atoms with Crippen LogP contribution in [0.1, 0.15) is 18.4 Å². The van der Waals surface area contributed by atoms with Gasteiger partial charge in [-0.2, -0.15) is 5.10 Å². The fourth-order valence-corrected chi connectivity index (χ4v) is 3.95. The Morgan fingerprint density at radius 1 is 1.21 bits per heavy atom. The fourth-order valence-electron chi connectivity index (χ4n) is 3.95. The van der Waals surface area contributed by atoms with E-state index in [0.717, 1.165) is 45.6 Å². The first-order valence-electron chi connectivity index (χ1n) is 8.78. The number of pyridine rings is 1. The van der Waals surface area contributed by atoms with Gasteiger partial charge in [0.05, 0.1) is 36.8 Å². The van der Waals surface area contributed by atoms with E-state index in [-0.39, 0.29) is 0 Å². The lowest BCUT2D eigenvalue weighted by Crippen LogP contribution is -2.51. The van der Waals surface area contributed by atoms with E-state index in [1.54, 1.807) is 0 Å². The van der Waals surface area contributed by atoms with Crippen LogP contribution < -0.4 is 4.90 Å². The molecule has 0 amide bonds. The highest BCUT2D eigenvalue weighted by atomic mass is 16.5. The SMILES string of the molecule is Cn1cc(CN2CC[C@@H]3OCCN(c4cccnc4)[C@H]3CC2)cn1. The highest BCUT2D eigenvalue weighted by Gasteiger charge is 2.34. The summed E-state index contributed by atoms with van der Waals surface area (Å²) >= 11 is 0. The zero-order chi connectivity index (χ0) is 16.4. The molecule has 4 rings (SSSR count). The molecule has 128 valence electrons. The Balaban J connectivity index is 1.45. The van der Waals surface area contributed by atoms with Crippen LogP contribution in [0.15, 0.2) is 36.9 Å². The Kier molecular flexibility index (Phi) is 4.49. The molecule has 4 heterocycles. The van der Waals surface area contributed by atoms with Gasteiger partial charge in [-0.15, -0.1) is 0 Å². The second-order valence-electron chi connectivity index (χ2n) is 6.76. The summed E-state index contributed by atoms with van der Waals surface area (Å²) in [5.41, 5.74) is 2.50. The van der Waals surface area contributed by atoms with Gasteiger partial charge in [0, 0.05) is 51.2 Å². The average Bonchev–Trinajstić information content (AvgIpc) is 2.91. The molecule has 2 aromatic rings. The van der Waals surface area contributed by atoms with Crippen molar-refractivity contribution in [1.82, 2.24) is 19.7 Å². The zero-order valence-corrected chi connectivity index (χ0v) is 14.2. The number of ether oxygens (including phenoxy) is 1. The van der Waals surface area contributed by atoms with Crippen LogP contribution in [0.4, 0.5) is 5.69 Å². The normalized spacial score (nSPS) is 25.3. The largest absolute Gasteiger partial charge is 0.374 e. The lowest BCUT2D eigenvalue weighted by atomic mass is 10.0. The summed E-state index contributed by atoms with van der Waals surface area (Å²) in [4.78, 5) is 9.31. The molecular weight excluding hydrogens is 302 g/mol. The summed E-state index contributed by atoms with van der Waals surface area (Å²) in [7, 11) is 1.97. The quantitative estimate of drug-likeness (QED) is 0.858. The number of nitrogens with zero attached hydrogens (tertiary/aromatic N) is 5. The molecule has 24 heavy (non-hydrogen) atoms. The summed E-state index contributed by atoms with van der Waals surface area (Å²) in [6.45, 7) is 4.90. The number of anilines is 1. The number of aryl methyl sites for hydroxylation is 1. The molecule has 2 saturated heterocycles. The Bertz CT molecular complexity index is 658. The van der Waals surface area contributed by atoms with Gasteiger partial charge in [0.2, 0.25) is 0 Å². The summed E-state index contributed by atoms with van der Waals surface area (Å²) in [5.74, 6) is 0. The molecule has 0 aromatic carbocycles. The number of aromatic nitrogens is 3. The van der Waals surface area contributed by atoms with Crippen molar-refractivity contribution < 1.29 is 4.74 Å². The number of morpholine rings is 1. The molecule has 0 spiro atoms. The molecule has 2 aliphatic heterocycles. The minimum absolute atomic E-state index is 0.317. The number of fused-ring (bicyclic) bond motifs is 1. The van der Waals surface area contributed by atoms with E-state index < -0.39 is 0 Å². The van der Waals surface area contributed by atoms with Crippen molar-refractivity contribution in [3.63, 3.8) is 0 Å². The molecule has 2 aromatic heterocycles. The number of likely N-dealkylation sites (tertiary alicyclic amines) is 1. The van der Waals surface area contributed by atoms with Crippen LogP contribution in [-0.2, 0) is 18.3 Å². The van der Waals surface area contributed by atoms with Crippen molar-refractivity contribution in [2.45, 2.75) is 31.5 Å². The van der Waals surface area contributed by atoms with Crippen LogP contribution in [0.25, 0.3) is 0 Å². The maximum atomic E-state index is 6.11. The van der Waals surface area contributed by atoms with Crippen molar-refractivity contribution in [3.8, 4) is 0 Å². The standard InChI is InChI=1S/C18H25N5O/c1-21-13-15(11-20-21)14-22-7-4-17-18(5-8-22)24-10-9-23(17)16-3-2-6-19-12-16/h2-3,6,11-13,17-18H,4-5,7-10,14H2,1H3/t17-,18-/m0/s1. The van der Waals surface area contributed by atoms with Crippen molar-refractivity contribution in [1.29, 1.82) is 0 Å². The minimum atomic E-state index is 0.317. The van der Waals surface area contributed by atoms with Gasteiger partial charge in [0.25, 0.3) is 0 Å². The van der Waals surface area contributed by atoms with Crippen molar-refractivity contribution in [3.05, 3.63) is 42.5 Å². The third-order valence-electron chi connectivity index (χ3n) is 5.11. The van der Waals surface area contributed by atoms with Gasteiger partial charge >= 0.3 is 0 Å². The van der Waals surface area contributed by atoms with Crippen molar-refractivity contribution in [2.24, 2.45) is 7.05 Å². The van der Waals surface area contributed by atoms with Gasteiger partial charge in [0.1, 0.15) is 0 Å². The van der Waals surface area contributed by atoms with Gasteiger partial charge in [0.15, 0.2) is 0 Å². The van der Waals surface area contributed by atoms with Crippen molar-refractivity contribution >= 4 is 5.69 Å². The monoisotopic (exact) mass is 327 g/mol. The van der Waals surface area contributed by atoms with Crippen molar-refractivity contribution in [2.75, 3.05) is 31.1 Å². The molecular formula is C18H25N5O. The van der Waals surface area contributed by atoms with E-state index in [2.05, 4.69) is 32.1 Å². The Morgan fingerprint density at radius 2 is 2.12 bits per heavy atom. The molecule has 6 heteroatoms. The van der Waals surface area contributed by atoms with E-state index in [1.165, 1.54) is 11.3 Å². The molecule has 6 nitrogen and oxygen atoms in total. The molecule has 0 N–H and O–H groups in total. The number of hydrogen-bond donors (Lipinski definition) is 0. The Hall–Kier alpha value is -1.92. The predicted molar refractivity (Wildman–Crippen MR) is 92.8 cm³/mol. The van der Waals surface area contributed by atoms with E-state index >= 15 is 0 Å². The third kappa shape index (κ3) is 3.30. The summed E-state index contributed by atoms with van der Waals surface area (Å²) in [5, 5.41) is 4.28. The third-order valence-corrected chi connectivity index (χ3v) is 5.11. The summed E-state index contributed by atoms with van der Waals surface area (Å²) in [6.07, 6.45) is 10.4. The molecule has 0 aliphatic carbocycles. The molecule has 2 fully saturated rings. The van der Waals surface area contributed by atoms with Crippen LogP contribution in [0, 0.1) is 0 Å². The maximum absolute atomic E-state index is 6.11. The molecule has 0 unspecified atom stereocenters. The molecule has 0 radical (unpaired) electrons. The number of hydrogen-bond acceptors (Lipinski definition) is 5. The average molecular weight is 327 g/mol. The predicted octanol–water partition coefficient (Wildman–Crippen LogP) is 1.68. The first-order valence-corrected chi connectivity index (χ1v) is 8.78. The first-order chi connectivity index (χ1) is 11.8. The highest BCUT2D eigenvalue weighted by Crippen LogP contribution is 2.28. The fraction of sp³-hybridized carbons (Fsp3) is 0.556. The smallest absolute Gasteiger partial charge is 0.0791 e. The zero-order valence-electron chi connectivity index (χ0n) is 14.2. The summed E-state index contributed by atoms with van der Waals surface area (Å²) < 4.78 is 7.99. The first kappa shape index (κ1) is 15.6. The maximum Gasteiger partial charge on any atom is 0.0791 e. The van der Waals surface area contributed by atoms with Gasteiger partial charge in [-0.05, 0) is 25.0 Å². The minimum Gasteiger partial charge on any atom is -0.374 e. The molecule has 0 saturated carbocycles. The van der Waals surface area contributed by atoms with Crippen LogP contribution in [0.3, 0.4) is 0 Å². The van der Waals surface area contributed by atoms with Crippen LogP contribution in [0.2, 0.25) is 0 Å². The van der Waals surface area contributed by atoms with Crippen LogP contribution in [-0.4, -0.2) is 58.1 Å². The van der Waals surface area contributed by atoms with Gasteiger partial charge < -0.3 is 9.64 Å². The Morgan fingerprint density at radius 3 is 2.92 bits per heavy atom. The second kappa shape index (κ2) is 6.91. The Labute approximate surface area is 143 Å². The van der Waals surface area contributed by atoms with E-state index in [1.807, 2.05) is 36.4 Å². The second-order valence-corrected chi connectivity index (χ2v) is 6.76. The van der Waals surface area contributed by atoms with Crippen LogP contribution in [0.5, 0.6) is 0 Å². The van der Waals surface area contributed by atoms with Gasteiger partial charge in [-0.1, -0.05) is 0 Å². The molecule has 2 atom stereocenters. The summed E-state index contributed by atoms with van der Waals surface area (Å²) in [6, 6.07) is 4.63. The van der Waals surface area contributed by atoms with E-state index in [4.69, 9.17) is 4.74 Å². The topological polar surface area (TPSA) is 46.4 Å². The number of rotatable bonds is 3. The van der Waals surface area contributed by atoms with E-state index in [0.29, 0.717) is 12.1 Å². The molecule has 0 bridgehead atoms. The highest BCUT2D eigenvalue weighted by molar-refractivity contribution is 5.45. The lowest BCUT2D eigenvalue weighted by Gasteiger charge is -2.41. The van der Waals surface area contributed by atoms with E-state index in [9.17, 15) is 0 Å². The van der Waals surface area contributed by atoms with Gasteiger partial charge in [-0.3, -0.25) is 14.6 Å². The molecule has 2 aliphatic rings.